The minimum absolute atomic E-state index is 0.358. The second-order valence-electron chi connectivity index (χ2n) is 5.49. The van der Waals surface area contributed by atoms with E-state index in [1.165, 1.54) is 77.3 Å². The van der Waals surface area contributed by atoms with Crippen molar-refractivity contribution in [3.63, 3.8) is 0 Å². The molecule has 1 rings (SSSR count). The molecule has 0 aliphatic carbocycles. The predicted octanol–water partition coefficient (Wildman–Crippen LogP) is 3.58. The Kier molecular flexibility index (Phi) is 8.72. The lowest BCUT2D eigenvalue weighted by molar-refractivity contribution is 0.157. The van der Waals surface area contributed by atoms with Crippen LogP contribution < -0.4 is 0 Å². The lowest BCUT2D eigenvalue weighted by Gasteiger charge is -2.22. The van der Waals surface area contributed by atoms with E-state index in [9.17, 15) is 5.11 Å². The number of rotatable bonds is 10. The fourth-order valence-electron chi connectivity index (χ4n) is 2.85. The van der Waals surface area contributed by atoms with Crippen LogP contribution in [-0.2, 0) is 0 Å². The van der Waals surface area contributed by atoms with Gasteiger partial charge in [0.15, 0.2) is 0 Å². The summed E-state index contributed by atoms with van der Waals surface area (Å²) in [4.78, 5) is 2.48. The SMILES string of the molecule is CCCCCCCCCCN1CCCC1CO. The van der Waals surface area contributed by atoms with Crippen molar-refractivity contribution in [1.29, 1.82) is 0 Å². The van der Waals surface area contributed by atoms with Crippen LogP contribution in [0.5, 0.6) is 0 Å². The monoisotopic (exact) mass is 241 g/mol. The minimum Gasteiger partial charge on any atom is -0.395 e. The Morgan fingerprint density at radius 3 is 2.29 bits per heavy atom. The van der Waals surface area contributed by atoms with Gasteiger partial charge in [0.2, 0.25) is 0 Å². The Labute approximate surface area is 107 Å². The molecule has 0 aromatic rings. The van der Waals surface area contributed by atoms with Crippen molar-refractivity contribution < 1.29 is 5.11 Å². The summed E-state index contributed by atoms with van der Waals surface area (Å²) in [6, 6.07) is 0.472. The third kappa shape index (κ3) is 6.42. The summed E-state index contributed by atoms with van der Waals surface area (Å²) in [6.07, 6.45) is 13.6. The van der Waals surface area contributed by atoms with Gasteiger partial charge in [0.05, 0.1) is 6.61 Å². The first-order chi connectivity index (χ1) is 8.38. The highest BCUT2D eigenvalue weighted by Crippen LogP contribution is 2.17. The third-order valence-electron chi connectivity index (χ3n) is 4.01. The van der Waals surface area contributed by atoms with E-state index in [1.807, 2.05) is 0 Å². The van der Waals surface area contributed by atoms with Gasteiger partial charge in [-0.15, -0.1) is 0 Å². The van der Waals surface area contributed by atoms with Crippen LogP contribution in [0.25, 0.3) is 0 Å². The Bertz CT molecular complexity index is 172. The topological polar surface area (TPSA) is 23.5 Å². The second-order valence-corrected chi connectivity index (χ2v) is 5.49. The maximum atomic E-state index is 9.22. The number of nitrogens with zero attached hydrogens (tertiary/aromatic N) is 1. The van der Waals surface area contributed by atoms with E-state index >= 15 is 0 Å². The van der Waals surface area contributed by atoms with Gasteiger partial charge >= 0.3 is 0 Å². The molecule has 2 heteroatoms. The molecular weight excluding hydrogens is 210 g/mol. The number of hydrogen-bond acceptors (Lipinski definition) is 2. The second kappa shape index (κ2) is 9.90. The van der Waals surface area contributed by atoms with Gasteiger partial charge in [-0.1, -0.05) is 51.9 Å². The molecule has 1 N–H and O–H groups in total. The van der Waals surface area contributed by atoms with E-state index < -0.39 is 0 Å². The maximum absolute atomic E-state index is 9.22. The molecule has 0 bridgehead atoms. The van der Waals surface area contributed by atoms with Crippen molar-refractivity contribution >= 4 is 0 Å². The van der Waals surface area contributed by atoms with Gasteiger partial charge in [0.25, 0.3) is 0 Å². The summed E-state index contributed by atoms with van der Waals surface area (Å²) in [5.41, 5.74) is 0. The largest absolute Gasteiger partial charge is 0.395 e. The van der Waals surface area contributed by atoms with Crippen molar-refractivity contribution in [1.82, 2.24) is 4.90 Å². The van der Waals surface area contributed by atoms with Gasteiger partial charge in [-0.3, -0.25) is 4.90 Å². The van der Waals surface area contributed by atoms with Crippen LogP contribution in [0.15, 0.2) is 0 Å². The van der Waals surface area contributed by atoms with Crippen LogP contribution in [0.4, 0.5) is 0 Å². The van der Waals surface area contributed by atoms with E-state index in [0.717, 1.165) is 0 Å². The van der Waals surface area contributed by atoms with Gasteiger partial charge in [0, 0.05) is 6.04 Å². The zero-order chi connectivity index (χ0) is 12.3. The van der Waals surface area contributed by atoms with Crippen LogP contribution in [0, 0.1) is 0 Å². The van der Waals surface area contributed by atoms with Crippen molar-refractivity contribution in [2.45, 2.75) is 77.2 Å². The quantitative estimate of drug-likeness (QED) is 0.591. The van der Waals surface area contributed by atoms with Crippen molar-refractivity contribution in [3.8, 4) is 0 Å². The Balaban J connectivity index is 1.87. The average Bonchev–Trinajstić information content (AvgIpc) is 2.80. The molecule has 0 amide bonds. The zero-order valence-corrected chi connectivity index (χ0v) is 11.7. The normalized spacial score (nSPS) is 21.2. The molecule has 1 unspecified atom stereocenters. The summed E-state index contributed by atoms with van der Waals surface area (Å²) in [7, 11) is 0. The summed E-state index contributed by atoms with van der Waals surface area (Å²) in [6.45, 7) is 5.05. The highest BCUT2D eigenvalue weighted by atomic mass is 16.3. The Morgan fingerprint density at radius 2 is 1.65 bits per heavy atom. The number of unbranched alkanes of at least 4 members (excludes halogenated alkanes) is 7. The van der Waals surface area contributed by atoms with Crippen molar-refractivity contribution in [2.75, 3.05) is 19.7 Å². The first kappa shape index (κ1) is 15.0. The predicted molar refractivity (Wildman–Crippen MR) is 74.3 cm³/mol. The van der Waals surface area contributed by atoms with Crippen LogP contribution in [0.1, 0.15) is 71.1 Å². The number of aliphatic hydroxyl groups is 1. The number of aliphatic hydroxyl groups excluding tert-OH is 1. The molecule has 0 saturated carbocycles. The highest BCUT2D eigenvalue weighted by Gasteiger charge is 2.22. The first-order valence-electron chi connectivity index (χ1n) is 7.73. The van der Waals surface area contributed by atoms with Gasteiger partial charge in [0.1, 0.15) is 0 Å². The summed E-state index contributed by atoms with van der Waals surface area (Å²) in [5.74, 6) is 0. The zero-order valence-electron chi connectivity index (χ0n) is 11.7. The summed E-state index contributed by atoms with van der Waals surface area (Å²) >= 11 is 0. The van der Waals surface area contributed by atoms with E-state index in [1.54, 1.807) is 0 Å². The van der Waals surface area contributed by atoms with Crippen LogP contribution in [0.2, 0.25) is 0 Å². The van der Waals surface area contributed by atoms with E-state index in [4.69, 9.17) is 0 Å². The number of likely N-dealkylation sites (tertiary alicyclic amines) is 1. The Morgan fingerprint density at radius 1 is 1.00 bits per heavy atom. The van der Waals surface area contributed by atoms with Gasteiger partial charge < -0.3 is 5.11 Å². The molecule has 0 aromatic heterocycles. The van der Waals surface area contributed by atoms with Gasteiger partial charge in [-0.25, -0.2) is 0 Å². The fraction of sp³-hybridized carbons (Fsp3) is 1.00. The molecule has 2 nitrogen and oxygen atoms in total. The molecule has 1 aliphatic heterocycles. The van der Waals surface area contributed by atoms with Crippen molar-refractivity contribution in [2.24, 2.45) is 0 Å². The van der Waals surface area contributed by atoms with E-state index in [0.29, 0.717) is 12.6 Å². The third-order valence-corrected chi connectivity index (χ3v) is 4.01. The lowest BCUT2D eigenvalue weighted by Crippen LogP contribution is -2.32. The number of hydrogen-bond donors (Lipinski definition) is 1. The molecule has 0 radical (unpaired) electrons. The molecule has 0 aromatic carbocycles. The van der Waals surface area contributed by atoms with Crippen LogP contribution in [0.3, 0.4) is 0 Å². The summed E-state index contributed by atoms with van der Waals surface area (Å²) in [5, 5.41) is 9.22. The Hall–Kier alpha value is -0.0800. The van der Waals surface area contributed by atoms with E-state index in [2.05, 4.69) is 11.8 Å². The summed E-state index contributed by atoms with van der Waals surface area (Å²) < 4.78 is 0. The standard InChI is InChI=1S/C15H31NO/c1-2-3-4-5-6-7-8-9-12-16-13-10-11-15(16)14-17/h15,17H,2-14H2,1H3. The fourth-order valence-corrected chi connectivity index (χ4v) is 2.85. The van der Waals surface area contributed by atoms with Gasteiger partial charge in [-0.05, 0) is 32.4 Å². The minimum atomic E-state index is 0.358. The average molecular weight is 241 g/mol. The molecule has 17 heavy (non-hydrogen) atoms. The molecule has 1 heterocycles. The smallest absolute Gasteiger partial charge is 0.0586 e. The molecule has 102 valence electrons. The first-order valence-corrected chi connectivity index (χ1v) is 7.73. The van der Waals surface area contributed by atoms with Crippen molar-refractivity contribution in [3.05, 3.63) is 0 Å². The molecule has 1 aliphatic rings. The molecular formula is C15H31NO. The lowest BCUT2D eigenvalue weighted by atomic mass is 10.1. The molecule has 0 spiro atoms. The van der Waals surface area contributed by atoms with E-state index in [-0.39, 0.29) is 0 Å². The molecule has 1 atom stereocenters. The van der Waals surface area contributed by atoms with Crippen LogP contribution >= 0.6 is 0 Å². The van der Waals surface area contributed by atoms with Crippen LogP contribution in [-0.4, -0.2) is 35.7 Å². The molecule has 1 saturated heterocycles. The molecule has 1 fully saturated rings. The maximum Gasteiger partial charge on any atom is 0.0586 e. The highest BCUT2D eigenvalue weighted by molar-refractivity contribution is 4.77. The van der Waals surface area contributed by atoms with Gasteiger partial charge in [-0.2, -0.15) is 0 Å².